The third-order valence-corrected chi connectivity index (χ3v) is 4.31. The van der Waals surface area contributed by atoms with Crippen molar-refractivity contribution in [2.45, 2.75) is 45.8 Å². The first-order valence-corrected chi connectivity index (χ1v) is 9.34. The van der Waals surface area contributed by atoms with Crippen LogP contribution in [0.1, 0.15) is 39.5 Å². The van der Waals surface area contributed by atoms with Gasteiger partial charge in [-0.15, -0.1) is 10.2 Å². The quantitative estimate of drug-likeness (QED) is 0.742. The third kappa shape index (κ3) is 5.31. The van der Waals surface area contributed by atoms with Crippen LogP contribution in [-0.4, -0.2) is 45.9 Å². The van der Waals surface area contributed by atoms with Gasteiger partial charge in [0.2, 0.25) is 5.89 Å². The molecule has 2 aromatic rings. The highest BCUT2D eigenvalue weighted by Gasteiger charge is 2.30. The Morgan fingerprint density at radius 3 is 2.46 bits per heavy atom. The minimum absolute atomic E-state index is 0.0645. The number of piperidine rings is 1. The largest absolute Gasteiger partial charge is 0.455 e. The molecule has 1 aromatic heterocycles. The van der Waals surface area contributed by atoms with Gasteiger partial charge in [-0.1, -0.05) is 18.2 Å². The molecule has 0 spiro atoms. The summed E-state index contributed by atoms with van der Waals surface area (Å²) in [6.45, 7) is 6.35. The van der Waals surface area contributed by atoms with Gasteiger partial charge in [0.15, 0.2) is 6.61 Å². The summed E-state index contributed by atoms with van der Waals surface area (Å²) in [5.74, 6) is 0.0641. The van der Waals surface area contributed by atoms with E-state index in [-0.39, 0.29) is 30.5 Å². The Bertz CT molecular complexity index is 805. The monoisotopic (exact) mass is 387 g/mol. The Balaban J connectivity index is 1.45. The molecule has 1 saturated heterocycles. The van der Waals surface area contributed by atoms with Gasteiger partial charge in [0, 0.05) is 18.7 Å². The summed E-state index contributed by atoms with van der Waals surface area (Å²) >= 11 is 0. The van der Waals surface area contributed by atoms with E-state index in [1.54, 1.807) is 4.90 Å². The number of hydrogen-bond acceptors (Lipinski definition) is 7. The summed E-state index contributed by atoms with van der Waals surface area (Å²) in [7, 11) is 0. The van der Waals surface area contributed by atoms with Crippen molar-refractivity contribution >= 4 is 12.1 Å². The highest BCUT2D eigenvalue weighted by molar-refractivity contribution is 5.73. The van der Waals surface area contributed by atoms with Crippen LogP contribution in [0.15, 0.2) is 34.7 Å². The maximum atomic E-state index is 12.3. The lowest BCUT2D eigenvalue weighted by atomic mass is 9.97. The molecule has 150 valence electrons. The fraction of sp³-hybridized carbons (Fsp3) is 0.500. The molecule has 0 saturated carbocycles. The molecule has 28 heavy (non-hydrogen) atoms. The van der Waals surface area contributed by atoms with E-state index in [0.717, 1.165) is 5.56 Å². The van der Waals surface area contributed by atoms with Gasteiger partial charge in [-0.3, -0.25) is 4.79 Å². The van der Waals surface area contributed by atoms with Gasteiger partial charge >= 0.3 is 12.1 Å². The number of amides is 1. The first-order chi connectivity index (χ1) is 13.3. The summed E-state index contributed by atoms with van der Waals surface area (Å²) in [6, 6.07) is 9.38. The number of likely N-dealkylation sites (tertiary alicyclic amines) is 1. The van der Waals surface area contributed by atoms with E-state index in [9.17, 15) is 9.59 Å². The van der Waals surface area contributed by atoms with Gasteiger partial charge in [0.1, 0.15) is 5.60 Å². The van der Waals surface area contributed by atoms with Crippen molar-refractivity contribution in [3.8, 4) is 11.5 Å². The number of carbonyl (C=O) groups excluding carboxylic acids is 2. The van der Waals surface area contributed by atoms with Gasteiger partial charge in [0.05, 0.1) is 5.92 Å². The Morgan fingerprint density at radius 2 is 1.82 bits per heavy atom. The molecule has 8 heteroatoms. The molecule has 1 aromatic carbocycles. The summed E-state index contributed by atoms with van der Waals surface area (Å²) < 4.78 is 16.2. The number of esters is 1. The van der Waals surface area contributed by atoms with Crippen LogP contribution in [-0.2, 0) is 20.9 Å². The van der Waals surface area contributed by atoms with Crippen molar-refractivity contribution in [1.29, 1.82) is 0 Å². The van der Waals surface area contributed by atoms with Crippen LogP contribution >= 0.6 is 0 Å². The van der Waals surface area contributed by atoms with Crippen LogP contribution in [0, 0.1) is 5.92 Å². The summed E-state index contributed by atoms with van der Waals surface area (Å²) in [4.78, 5) is 26.0. The van der Waals surface area contributed by atoms with E-state index >= 15 is 0 Å². The lowest BCUT2D eigenvalue weighted by Crippen LogP contribution is -2.43. The second kappa shape index (κ2) is 8.41. The van der Waals surface area contributed by atoms with Crippen molar-refractivity contribution in [2.75, 3.05) is 13.1 Å². The molecule has 3 rings (SSSR count). The molecule has 1 fully saturated rings. The van der Waals surface area contributed by atoms with Crippen molar-refractivity contribution in [2.24, 2.45) is 5.92 Å². The van der Waals surface area contributed by atoms with Crippen LogP contribution < -0.4 is 0 Å². The van der Waals surface area contributed by atoms with Gasteiger partial charge in [-0.25, -0.2) is 4.79 Å². The molecule has 8 nitrogen and oxygen atoms in total. The molecule has 0 N–H and O–H groups in total. The zero-order chi connectivity index (χ0) is 20.1. The number of aromatic nitrogens is 2. The lowest BCUT2D eigenvalue weighted by Gasteiger charge is -2.32. The maximum absolute atomic E-state index is 12.3. The molecule has 2 heterocycles. The molecular formula is C20H25N3O5. The predicted octanol–water partition coefficient (Wildman–Crippen LogP) is 3.43. The average molecular weight is 387 g/mol. The van der Waals surface area contributed by atoms with Gasteiger partial charge < -0.3 is 18.8 Å². The van der Waals surface area contributed by atoms with Crippen molar-refractivity contribution < 1.29 is 23.5 Å². The van der Waals surface area contributed by atoms with Crippen molar-refractivity contribution in [3.05, 3.63) is 36.2 Å². The second-order valence-corrected chi connectivity index (χ2v) is 7.72. The SMILES string of the molecule is CC(C)(C)OC(=O)N1CCC(C(=O)OCc2nnc(-c3ccccc3)o2)CC1. The van der Waals surface area contributed by atoms with E-state index in [1.807, 2.05) is 51.1 Å². The van der Waals surface area contributed by atoms with E-state index < -0.39 is 5.60 Å². The Labute approximate surface area is 163 Å². The topological polar surface area (TPSA) is 94.8 Å². The third-order valence-electron chi connectivity index (χ3n) is 4.31. The van der Waals surface area contributed by atoms with Gasteiger partial charge in [-0.05, 0) is 45.7 Å². The van der Waals surface area contributed by atoms with Crippen LogP contribution in [0.5, 0.6) is 0 Å². The Kier molecular flexibility index (Phi) is 5.96. The Morgan fingerprint density at radius 1 is 1.14 bits per heavy atom. The zero-order valence-corrected chi connectivity index (χ0v) is 16.4. The molecule has 1 aliphatic heterocycles. The number of benzene rings is 1. The van der Waals surface area contributed by atoms with Gasteiger partial charge in [-0.2, -0.15) is 0 Å². The summed E-state index contributed by atoms with van der Waals surface area (Å²) in [6.07, 6.45) is 0.729. The van der Waals surface area contributed by atoms with Gasteiger partial charge in [0.25, 0.3) is 5.89 Å². The smallest absolute Gasteiger partial charge is 0.410 e. The fourth-order valence-corrected chi connectivity index (χ4v) is 2.88. The minimum Gasteiger partial charge on any atom is -0.455 e. The Hall–Kier alpha value is -2.90. The van der Waals surface area contributed by atoms with Crippen LogP contribution in [0.2, 0.25) is 0 Å². The average Bonchev–Trinajstić information content (AvgIpc) is 3.15. The van der Waals surface area contributed by atoms with E-state index in [0.29, 0.717) is 31.8 Å². The normalized spacial score (nSPS) is 15.3. The van der Waals surface area contributed by atoms with Crippen LogP contribution in [0.25, 0.3) is 11.5 Å². The number of ether oxygens (including phenoxy) is 2. The molecule has 0 aliphatic carbocycles. The van der Waals surface area contributed by atoms with Crippen LogP contribution in [0.3, 0.4) is 0 Å². The minimum atomic E-state index is -0.532. The fourth-order valence-electron chi connectivity index (χ4n) is 2.88. The number of nitrogens with zero attached hydrogens (tertiary/aromatic N) is 3. The highest BCUT2D eigenvalue weighted by atomic mass is 16.6. The van der Waals surface area contributed by atoms with E-state index in [2.05, 4.69) is 10.2 Å². The van der Waals surface area contributed by atoms with E-state index in [4.69, 9.17) is 13.9 Å². The first kappa shape index (κ1) is 19.9. The van der Waals surface area contributed by atoms with Crippen LogP contribution in [0.4, 0.5) is 4.79 Å². The lowest BCUT2D eigenvalue weighted by molar-refractivity contribution is -0.152. The molecule has 0 bridgehead atoms. The molecule has 1 aliphatic rings. The number of carbonyl (C=O) groups is 2. The summed E-state index contributed by atoms with van der Waals surface area (Å²) in [5, 5.41) is 7.89. The summed E-state index contributed by atoms with van der Waals surface area (Å²) in [5.41, 5.74) is 0.275. The first-order valence-electron chi connectivity index (χ1n) is 9.34. The second-order valence-electron chi connectivity index (χ2n) is 7.72. The number of rotatable bonds is 4. The van der Waals surface area contributed by atoms with Crippen molar-refractivity contribution in [1.82, 2.24) is 15.1 Å². The zero-order valence-electron chi connectivity index (χ0n) is 16.4. The standard InChI is InChI=1S/C20H25N3O5/c1-20(2,3)28-19(25)23-11-9-15(10-12-23)18(24)26-13-16-21-22-17(27-16)14-7-5-4-6-8-14/h4-8,15H,9-13H2,1-3H3. The number of hydrogen-bond donors (Lipinski definition) is 0. The molecule has 0 radical (unpaired) electrons. The maximum Gasteiger partial charge on any atom is 0.410 e. The molecule has 0 atom stereocenters. The highest BCUT2D eigenvalue weighted by Crippen LogP contribution is 2.22. The van der Waals surface area contributed by atoms with Crippen molar-refractivity contribution in [3.63, 3.8) is 0 Å². The molecular weight excluding hydrogens is 362 g/mol. The molecule has 0 unspecified atom stereocenters. The predicted molar refractivity (Wildman–Crippen MR) is 100 cm³/mol. The van der Waals surface area contributed by atoms with E-state index in [1.165, 1.54) is 0 Å². The molecule has 1 amide bonds.